The summed E-state index contributed by atoms with van der Waals surface area (Å²) in [5.74, 6) is 2.31. The summed E-state index contributed by atoms with van der Waals surface area (Å²) in [7, 11) is 0. The third-order valence-corrected chi connectivity index (χ3v) is 6.24. The van der Waals surface area contributed by atoms with Gasteiger partial charge in [0.15, 0.2) is 6.61 Å². The molecule has 29 heavy (non-hydrogen) atoms. The molecule has 0 atom stereocenters. The maximum absolute atomic E-state index is 12.4. The summed E-state index contributed by atoms with van der Waals surface area (Å²) >= 11 is 7.61. The van der Waals surface area contributed by atoms with Crippen LogP contribution in [0.2, 0.25) is 5.02 Å². The van der Waals surface area contributed by atoms with Crippen LogP contribution >= 0.6 is 22.9 Å². The SMILES string of the molecule is C#CCOC(=O)N1CCC(c2nc(C(=O)NCc3ccc(C)c(Cl)c3)cs2)CC1. The highest BCUT2D eigenvalue weighted by molar-refractivity contribution is 7.09. The van der Waals surface area contributed by atoms with Crippen molar-refractivity contribution in [2.45, 2.75) is 32.2 Å². The number of aryl methyl sites for hydroxylation is 1. The first kappa shape index (κ1) is 21.2. The van der Waals surface area contributed by atoms with Crippen molar-refractivity contribution in [2.75, 3.05) is 19.7 Å². The van der Waals surface area contributed by atoms with Gasteiger partial charge in [0.25, 0.3) is 5.91 Å². The fourth-order valence-electron chi connectivity index (χ4n) is 3.10. The molecule has 0 spiro atoms. The summed E-state index contributed by atoms with van der Waals surface area (Å²) in [5.41, 5.74) is 2.36. The third-order valence-electron chi connectivity index (χ3n) is 4.83. The van der Waals surface area contributed by atoms with Crippen LogP contribution in [0, 0.1) is 19.3 Å². The Hall–Kier alpha value is -2.56. The van der Waals surface area contributed by atoms with Gasteiger partial charge in [-0.05, 0) is 37.0 Å². The first-order valence-electron chi connectivity index (χ1n) is 9.31. The Morgan fingerprint density at radius 1 is 1.41 bits per heavy atom. The van der Waals surface area contributed by atoms with Crippen molar-refractivity contribution in [1.29, 1.82) is 0 Å². The molecule has 6 nitrogen and oxygen atoms in total. The van der Waals surface area contributed by atoms with Gasteiger partial charge >= 0.3 is 6.09 Å². The van der Waals surface area contributed by atoms with Crippen LogP contribution in [0.15, 0.2) is 23.6 Å². The molecule has 152 valence electrons. The number of carbonyl (C=O) groups excluding carboxylic acids is 2. The highest BCUT2D eigenvalue weighted by Gasteiger charge is 2.27. The number of amides is 2. The van der Waals surface area contributed by atoms with Crippen LogP contribution in [0.25, 0.3) is 0 Å². The van der Waals surface area contributed by atoms with E-state index in [0.29, 0.717) is 30.4 Å². The van der Waals surface area contributed by atoms with Crippen molar-refractivity contribution in [2.24, 2.45) is 0 Å². The number of carbonyl (C=O) groups is 2. The molecule has 2 aromatic rings. The summed E-state index contributed by atoms with van der Waals surface area (Å²) in [6.45, 7) is 3.49. The molecule has 1 N–H and O–H groups in total. The van der Waals surface area contributed by atoms with Gasteiger partial charge in [0.05, 0.1) is 5.01 Å². The molecule has 2 amide bonds. The number of ether oxygens (including phenoxy) is 1. The van der Waals surface area contributed by atoms with Gasteiger partial charge in [0.1, 0.15) is 5.69 Å². The van der Waals surface area contributed by atoms with Crippen LogP contribution in [0.1, 0.15) is 45.4 Å². The lowest BCUT2D eigenvalue weighted by molar-refractivity contribution is 0.0946. The van der Waals surface area contributed by atoms with Crippen molar-refractivity contribution < 1.29 is 14.3 Å². The zero-order valence-corrected chi connectivity index (χ0v) is 17.7. The van der Waals surface area contributed by atoms with E-state index in [4.69, 9.17) is 22.8 Å². The molecule has 0 aliphatic carbocycles. The predicted octanol–water partition coefficient (Wildman–Crippen LogP) is 3.98. The molecule has 3 rings (SSSR count). The molecule has 2 heterocycles. The Bertz CT molecular complexity index is 929. The zero-order chi connectivity index (χ0) is 20.8. The van der Waals surface area contributed by atoms with Gasteiger partial charge in [0.2, 0.25) is 0 Å². The maximum Gasteiger partial charge on any atom is 0.410 e. The number of hydrogen-bond acceptors (Lipinski definition) is 5. The Morgan fingerprint density at radius 2 is 2.17 bits per heavy atom. The lowest BCUT2D eigenvalue weighted by Crippen LogP contribution is -2.38. The van der Waals surface area contributed by atoms with Crippen molar-refractivity contribution >= 4 is 34.9 Å². The van der Waals surface area contributed by atoms with Gasteiger partial charge in [-0.15, -0.1) is 17.8 Å². The van der Waals surface area contributed by atoms with E-state index >= 15 is 0 Å². The van der Waals surface area contributed by atoms with Gasteiger partial charge in [-0.25, -0.2) is 9.78 Å². The summed E-state index contributed by atoms with van der Waals surface area (Å²) in [4.78, 5) is 30.4. The first-order valence-corrected chi connectivity index (χ1v) is 10.6. The molecule has 1 aromatic heterocycles. The second-order valence-corrected chi connectivity index (χ2v) is 8.15. The van der Waals surface area contributed by atoms with Crippen molar-refractivity contribution in [3.05, 3.63) is 50.4 Å². The minimum Gasteiger partial charge on any atom is -0.436 e. The van der Waals surface area contributed by atoms with E-state index in [1.54, 1.807) is 10.3 Å². The number of thiazole rings is 1. The number of likely N-dealkylation sites (tertiary alicyclic amines) is 1. The Kier molecular flexibility index (Phi) is 7.13. The number of hydrogen-bond donors (Lipinski definition) is 1. The van der Waals surface area contributed by atoms with Crippen LogP contribution in [-0.4, -0.2) is 41.6 Å². The number of terminal acetylenes is 1. The summed E-state index contributed by atoms with van der Waals surface area (Å²) in [6, 6.07) is 5.72. The van der Waals surface area contributed by atoms with E-state index in [2.05, 4.69) is 16.2 Å². The average Bonchev–Trinajstić information content (AvgIpc) is 3.23. The summed E-state index contributed by atoms with van der Waals surface area (Å²) in [6.07, 6.45) is 6.29. The molecular weight excluding hydrogens is 410 g/mol. The van der Waals surface area contributed by atoms with Gasteiger partial charge in [-0.1, -0.05) is 29.7 Å². The molecule has 1 saturated heterocycles. The quantitative estimate of drug-likeness (QED) is 0.727. The van der Waals surface area contributed by atoms with E-state index in [0.717, 1.165) is 29.0 Å². The summed E-state index contributed by atoms with van der Waals surface area (Å²) < 4.78 is 4.96. The van der Waals surface area contributed by atoms with E-state index < -0.39 is 0 Å². The highest BCUT2D eigenvalue weighted by atomic mass is 35.5. The number of aromatic nitrogens is 1. The zero-order valence-electron chi connectivity index (χ0n) is 16.1. The van der Waals surface area contributed by atoms with E-state index in [1.165, 1.54) is 11.3 Å². The highest BCUT2D eigenvalue weighted by Crippen LogP contribution is 2.30. The standard InChI is InChI=1S/C21H22ClN3O3S/c1-3-10-28-21(27)25-8-6-16(7-9-25)20-24-18(13-29-20)19(26)23-12-15-5-4-14(2)17(22)11-15/h1,4-5,11,13,16H,6-10,12H2,2H3,(H,23,26). The van der Waals surface area contributed by atoms with Crippen LogP contribution in [-0.2, 0) is 11.3 Å². The second-order valence-electron chi connectivity index (χ2n) is 6.86. The van der Waals surface area contributed by atoms with Gasteiger partial charge in [-0.3, -0.25) is 4.79 Å². The average molecular weight is 432 g/mol. The third kappa shape index (κ3) is 5.49. The molecule has 8 heteroatoms. The molecular formula is C21H22ClN3O3S. The number of rotatable bonds is 5. The van der Waals surface area contributed by atoms with E-state index in [-0.39, 0.29) is 24.5 Å². The van der Waals surface area contributed by atoms with E-state index in [9.17, 15) is 9.59 Å². The number of piperidine rings is 1. The maximum atomic E-state index is 12.4. The molecule has 0 radical (unpaired) electrons. The summed E-state index contributed by atoms with van der Waals surface area (Å²) in [5, 5.41) is 6.26. The second kappa shape index (κ2) is 9.77. The Labute approximate surface area is 179 Å². The smallest absolute Gasteiger partial charge is 0.410 e. The lowest BCUT2D eigenvalue weighted by Gasteiger charge is -2.30. The van der Waals surface area contributed by atoms with Crippen molar-refractivity contribution in [1.82, 2.24) is 15.2 Å². The Balaban J connectivity index is 1.51. The fourth-order valence-corrected chi connectivity index (χ4v) is 4.28. The van der Waals surface area contributed by atoms with Crippen molar-refractivity contribution in [3.63, 3.8) is 0 Å². The lowest BCUT2D eigenvalue weighted by atomic mass is 9.98. The molecule has 1 aromatic carbocycles. The van der Waals surface area contributed by atoms with Crippen LogP contribution in [0.3, 0.4) is 0 Å². The molecule has 1 fully saturated rings. The van der Waals surface area contributed by atoms with Crippen LogP contribution < -0.4 is 5.32 Å². The number of nitrogens with zero attached hydrogens (tertiary/aromatic N) is 2. The molecule has 0 bridgehead atoms. The fraction of sp³-hybridized carbons (Fsp3) is 0.381. The largest absolute Gasteiger partial charge is 0.436 e. The number of halogens is 1. The normalized spacial score (nSPS) is 14.3. The van der Waals surface area contributed by atoms with Crippen LogP contribution in [0.4, 0.5) is 4.79 Å². The van der Waals surface area contributed by atoms with Crippen molar-refractivity contribution in [3.8, 4) is 12.3 Å². The van der Waals surface area contributed by atoms with Gasteiger partial charge < -0.3 is 15.0 Å². The molecule has 0 saturated carbocycles. The van der Waals surface area contributed by atoms with E-state index in [1.807, 2.05) is 25.1 Å². The van der Waals surface area contributed by atoms with Gasteiger partial charge in [-0.2, -0.15) is 0 Å². The monoisotopic (exact) mass is 431 g/mol. The Morgan fingerprint density at radius 3 is 2.86 bits per heavy atom. The molecule has 1 aliphatic heterocycles. The molecule has 0 unspecified atom stereocenters. The topological polar surface area (TPSA) is 71.5 Å². The minimum atomic E-state index is -0.378. The van der Waals surface area contributed by atoms with Gasteiger partial charge in [0, 0.05) is 36.0 Å². The number of nitrogens with one attached hydrogen (secondary N) is 1. The first-order chi connectivity index (χ1) is 14.0. The minimum absolute atomic E-state index is 0.0154. The number of benzene rings is 1. The molecule has 1 aliphatic rings. The predicted molar refractivity (Wildman–Crippen MR) is 113 cm³/mol. The van der Waals surface area contributed by atoms with Crippen LogP contribution in [0.5, 0.6) is 0 Å².